The van der Waals surface area contributed by atoms with Gasteiger partial charge in [0.05, 0.1) is 10.6 Å². The van der Waals surface area contributed by atoms with E-state index in [1.54, 1.807) is 11.3 Å². The van der Waals surface area contributed by atoms with Crippen LogP contribution in [-0.2, 0) is 6.54 Å². The average molecular weight is 397 g/mol. The van der Waals surface area contributed by atoms with Crippen LogP contribution in [0.25, 0.3) is 20.7 Å². The van der Waals surface area contributed by atoms with Gasteiger partial charge in [0, 0.05) is 50.2 Å². The third-order valence-corrected chi connectivity index (χ3v) is 6.38. The number of rotatable bonds is 7. The van der Waals surface area contributed by atoms with Crippen LogP contribution in [0.15, 0.2) is 36.5 Å². The van der Waals surface area contributed by atoms with E-state index >= 15 is 0 Å². The lowest BCUT2D eigenvalue weighted by molar-refractivity contribution is 0.154. The molecule has 3 N–H and O–H groups in total. The smallest absolute Gasteiger partial charge is 0.223 e. The number of anilines is 1. The van der Waals surface area contributed by atoms with Crippen LogP contribution in [0.2, 0.25) is 0 Å². The summed E-state index contributed by atoms with van der Waals surface area (Å²) in [5.41, 5.74) is 7.88. The lowest BCUT2D eigenvalue weighted by Crippen LogP contribution is -2.44. The van der Waals surface area contributed by atoms with Crippen molar-refractivity contribution in [1.82, 2.24) is 19.8 Å². The van der Waals surface area contributed by atoms with Gasteiger partial charge < -0.3 is 20.9 Å². The summed E-state index contributed by atoms with van der Waals surface area (Å²) in [6.07, 6.45) is 2.93. The largest absolute Gasteiger partial charge is 0.354 e. The van der Waals surface area contributed by atoms with E-state index in [-0.39, 0.29) is 0 Å². The molecule has 148 valence electrons. The zero-order chi connectivity index (χ0) is 19.3. The van der Waals surface area contributed by atoms with Crippen molar-refractivity contribution in [3.8, 4) is 10.6 Å². The van der Waals surface area contributed by atoms with Crippen LogP contribution >= 0.6 is 11.3 Å². The predicted octanol–water partition coefficient (Wildman–Crippen LogP) is 2.87. The SMILES string of the molecule is CN1CCN(CCCNc2nccc(-c3cc4ccc(CN)cc4s3)n2)CC1. The van der Waals surface area contributed by atoms with Crippen molar-refractivity contribution >= 4 is 27.4 Å². The minimum atomic E-state index is 0.568. The molecule has 6 nitrogen and oxygen atoms in total. The number of thiophene rings is 1. The first kappa shape index (κ1) is 19.3. The van der Waals surface area contributed by atoms with Crippen molar-refractivity contribution in [2.45, 2.75) is 13.0 Å². The maximum atomic E-state index is 5.76. The van der Waals surface area contributed by atoms with Crippen LogP contribution in [0.4, 0.5) is 5.95 Å². The Morgan fingerprint density at radius 1 is 1.14 bits per heavy atom. The Kier molecular flexibility index (Phi) is 6.17. The monoisotopic (exact) mass is 396 g/mol. The quantitative estimate of drug-likeness (QED) is 0.599. The molecule has 0 unspecified atom stereocenters. The summed E-state index contributed by atoms with van der Waals surface area (Å²) in [4.78, 5) is 15.2. The molecule has 0 radical (unpaired) electrons. The lowest BCUT2D eigenvalue weighted by Gasteiger charge is -2.32. The average Bonchev–Trinajstić information content (AvgIpc) is 3.16. The van der Waals surface area contributed by atoms with Gasteiger partial charge in [0.2, 0.25) is 5.95 Å². The zero-order valence-corrected chi connectivity index (χ0v) is 17.2. The fourth-order valence-corrected chi connectivity index (χ4v) is 4.58. The summed E-state index contributed by atoms with van der Waals surface area (Å²) in [5.74, 6) is 0.705. The van der Waals surface area contributed by atoms with Gasteiger partial charge in [-0.2, -0.15) is 0 Å². The van der Waals surface area contributed by atoms with Crippen LogP contribution in [0, 0.1) is 0 Å². The summed E-state index contributed by atoms with van der Waals surface area (Å²) in [6, 6.07) is 10.6. The van der Waals surface area contributed by atoms with Gasteiger partial charge in [-0.25, -0.2) is 9.97 Å². The molecule has 1 saturated heterocycles. The molecule has 0 aliphatic carbocycles. The van der Waals surface area contributed by atoms with E-state index in [9.17, 15) is 0 Å². The first-order valence-electron chi connectivity index (χ1n) is 9.92. The molecule has 0 spiro atoms. The molecule has 1 fully saturated rings. The molecule has 1 aliphatic rings. The van der Waals surface area contributed by atoms with Crippen LogP contribution in [0.1, 0.15) is 12.0 Å². The number of nitrogens with two attached hydrogens (primary N) is 1. The summed E-state index contributed by atoms with van der Waals surface area (Å²) >= 11 is 1.75. The van der Waals surface area contributed by atoms with E-state index in [2.05, 4.69) is 51.4 Å². The Balaban J connectivity index is 1.35. The number of nitrogens with zero attached hydrogens (tertiary/aromatic N) is 4. The zero-order valence-electron chi connectivity index (χ0n) is 16.4. The van der Waals surface area contributed by atoms with Crippen molar-refractivity contribution in [2.75, 3.05) is 51.6 Å². The van der Waals surface area contributed by atoms with Crippen LogP contribution in [0.3, 0.4) is 0 Å². The highest BCUT2D eigenvalue weighted by Crippen LogP contribution is 2.33. The summed E-state index contributed by atoms with van der Waals surface area (Å²) in [5, 5.41) is 4.62. The molecule has 0 amide bonds. The Bertz CT molecular complexity index is 916. The number of piperazine rings is 1. The third kappa shape index (κ3) is 4.67. The normalized spacial score (nSPS) is 15.9. The highest BCUT2D eigenvalue weighted by Gasteiger charge is 2.13. The Labute approximate surface area is 170 Å². The molecule has 0 atom stereocenters. The molecule has 0 saturated carbocycles. The molecule has 0 bridgehead atoms. The summed E-state index contributed by atoms with van der Waals surface area (Å²) in [6.45, 7) is 7.25. The van der Waals surface area contributed by atoms with Crippen molar-refractivity contribution in [1.29, 1.82) is 0 Å². The highest BCUT2D eigenvalue weighted by molar-refractivity contribution is 7.22. The van der Waals surface area contributed by atoms with Crippen LogP contribution in [0.5, 0.6) is 0 Å². The summed E-state index contributed by atoms with van der Waals surface area (Å²) in [7, 11) is 2.19. The van der Waals surface area contributed by atoms with E-state index in [0.29, 0.717) is 12.5 Å². The molecular formula is C21H28N6S. The Morgan fingerprint density at radius 3 is 2.82 bits per heavy atom. The number of fused-ring (bicyclic) bond motifs is 1. The minimum absolute atomic E-state index is 0.568. The fourth-order valence-electron chi connectivity index (χ4n) is 3.48. The van der Waals surface area contributed by atoms with E-state index in [4.69, 9.17) is 10.7 Å². The van der Waals surface area contributed by atoms with E-state index < -0.39 is 0 Å². The second-order valence-corrected chi connectivity index (χ2v) is 8.46. The molecule has 3 aromatic rings. The van der Waals surface area contributed by atoms with Gasteiger partial charge >= 0.3 is 0 Å². The van der Waals surface area contributed by atoms with Gasteiger partial charge in [-0.3, -0.25) is 0 Å². The van der Waals surface area contributed by atoms with E-state index in [1.807, 2.05) is 12.3 Å². The minimum Gasteiger partial charge on any atom is -0.354 e. The van der Waals surface area contributed by atoms with Crippen LogP contribution < -0.4 is 11.1 Å². The maximum absolute atomic E-state index is 5.76. The second-order valence-electron chi connectivity index (χ2n) is 7.38. The topological polar surface area (TPSA) is 70.3 Å². The highest BCUT2D eigenvalue weighted by atomic mass is 32.1. The van der Waals surface area contributed by atoms with E-state index in [1.165, 1.54) is 36.3 Å². The number of nitrogens with one attached hydrogen (secondary N) is 1. The Hall–Kier alpha value is -2.06. The molecule has 1 aliphatic heterocycles. The molecule has 7 heteroatoms. The summed E-state index contributed by atoms with van der Waals surface area (Å²) < 4.78 is 1.25. The van der Waals surface area contributed by atoms with Gasteiger partial charge in [0.1, 0.15) is 0 Å². The van der Waals surface area contributed by atoms with Gasteiger partial charge in [-0.15, -0.1) is 11.3 Å². The first-order chi connectivity index (χ1) is 13.7. The van der Waals surface area contributed by atoms with Gasteiger partial charge in [0.15, 0.2) is 0 Å². The Morgan fingerprint density at radius 2 is 2.00 bits per heavy atom. The van der Waals surface area contributed by atoms with Crippen LogP contribution in [-0.4, -0.2) is 66.1 Å². The number of hydrogen-bond acceptors (Lipinski definition) is 7. The van der Waals surface area contributed by atoms with Gasteiger partial charge in [-0.05, 0) is 49.2 Å². The van der Waals surface area contributed by atoms with Crippen molar-refractivity contribution in [2.24, 2.45) is 5.73 Å². The molecular weight excluding hydrogens is 368 g/mol. The van der Waals surface area contributed by atoms with Crippen molar-refractivity contribution in [3.63, 3.8) is 0 Å². The molecule has 1 aromatic carbocycles. The predicted molar refractivity (Wildman–Crippen MR) is 118 cm³/mol. The van der Waals surface area contributed by atoms with Gasteiger partial charge in [-0.1, -0.05) is 12.1 Å². The third-order valence-electron chi connectivity index (χ3n) is 5.26. The lowest BCUT2D eigenvalue weighted by atomic mass is 10.1. The van der Waals surface area contributed by atoms with Crippen molar-refractivity contribution < 1.29 is 0 Å². The molecule has 2 aromatic heterocycles. The van der Waals surface area contributed by atoms with Crippen molar-refractivity contribution in [3.05, 3.63) is 42.1 Å². The fraction of sp³-hybridized carbons (Fsp3) is 0.429. The van der Waals surface area contributed by atoms with Gasteiger partial charge in [0.25, 0.3) is 0 Å². The number of aromatic nitrogens is 2. The maximum Gasteiger partial charge on any atom is 0.223 e. The number of benzene rings is 1. The number of hydrogen-bond donors (Lipinski definition) is 2. The molecule has 3 heterocycles. The standard InChI is InChI=1S/C21H28N6S/c1-26-9-11-27(12-10-26)8-2-6-23-21-24-7-5-18(25-21)20-14-17-4-3-16(15-22)13-19(17)28-20/h3-5,7,13-14H,2,6,8-12,15,22H2,1H3,(H,23,24,25). The second kappa shape index (κ2) is 8.96. The molecule has 28 heavy (non-hydrogen) atoms. The molecule has 4 rings (SSSR count). The number of likely N-dealkylation sites (N-methyl/N-ethyl adjacent to an activating group) is 1. The first-order valence-corrected chi connectivity index (χ1v) is 10.7. The van der Waals surface area contributed by atoms with E-state index in [0.717, 1.165) is 35.6 Å².